The fourth-order valence-corrected chi connectivity index (χ4v) is 19.9. The van der Waals surface area contributed by atoms with E-state index < -0.39 is 0 Å². The number of benzene rings is 4. The van der Waals surface area contributed by atoms with Crippen LogP contribution in [-0.2, 0) is 21.7 Å². The highest BCUT2D eigenvalue weighted by Crippen LogP contribution is 2.82. The third-order valence-electron chi connectivity index (χ3n) is 16.8. The quantitative estimate of drug-likeness (QED) is 0.187. The van der Waals surface area contributed by atoms with Crippen LogP contribution in [0.4, 0.5) is 0 Å². The van der Waals surface area contributed by atoms with Crippen molar-refractivity contribution in [2.45, 2.75) is 126 Å². The lowest BCUT2D eigenvalue weighted by Gasteiger charge is -2.77. The van der Waals surface area contributed by atoms with Gasteiger partial charge >= 0.3 is 0 Å². The molecule has 12 rings (SSSR count). The molecule has 294 valence electrons. The first-order valence-corrected chi connectivity index (χ1v) is 26.5. The van der Waals surface area contributed by atoms with Gasteiger partial charge in [-0.25, -0.2) is 0 Å². The van der Waals surface area contributed by atoms with Gasteiger partial charge in [-0.15, -0.1) is 0 Å². The maximum Gasteiger partial charge on any atom is 0.0218 e. The van der Waals surface area contributed by atoms with E-state index in [1.165, 1.54) is 135 Å². The summed E-state index contributed by atoms with van der Waals surface area (Å²) in [6.07, 6.45) is 15.6. The van der Waals surface area contributed by atoms with Gasteiger partial charge in [0.15, 0.2) is 0 Å². The molecular formula is C48H46Br8. The summed E-state index contributed by atoms with van der Waals surface area (Å²) >= 11 is 32.4. The van der Waals surface area contributed by atoms with Gasteiger partial charge in [0.2, 0.25) is 0 Å². The van der Waals surface area contributed by atoms with Crippen molar-refractivity contribution in [3.05, 3.63) is 129 Å². The number of rotatable bonds is 5. The number of hydrogen-bond donors (Lipinski definition) is 0. The maximum atomic E-state index is 4.05. The molecule has 0 aromatic heterocycles. The van der Waals surface area contributed by atoms with E-state index in [4.69, 9.17) is 0 Å². The Labute approximate surface area is 400 Å². The van der Waals surface area contributed by atoms with Crippen LogP contribution >= 0.6 is 127 Å². The molecule has 0 spiro atoms. The van der Waals surface area contributed by atoms with Crippen molar-refractivity contribution in [1.82, 2.24) is 0 Å². The minimum atomic E-state index is 0.123. The lowest BCUT2D eigenvalue weighted by atomic mass is 9.26. The molecular weight excluding hydrogens is 1220 g/mol. The molecule has 8 heteroatoms. The van der Waals surface area contributed by atoms with Crippen molar-refractivity contribution >= 4 is 127 Å². The Morgan fingerprint density at radius 2 is 0.518 bits per heavy atom. The summed E-state index contributed by atoms with van der Waals surface area (Å²) in [5.41, 5.74) is 12.3. The molecule has 0 nitrogen and oxygen atoms in total. The highest BCUT2D eigenvalue weighted by Gasteiger charge is 2.75. The van der Waals surface area contributed by atoms with E-state index in [9.17, 15) is 0 Å². The molecule has 8 fully saturated rings. The molecule has 8 aliphatic carbocycles. The van der Waals surface area contributed by atoms with Crippen LogP contribution in [0.1, 0.15) is 122 Å². The van der Waals surface area contributed by atoms with Crippen molar-refractivity contribution in [3.63, 3.8) is 0 Å². The molecule has 4 aromatic rings. The van der Waals surface area contributed by atoms with Crippen LogP contribution in [0.15, 0.2) is 84.3 Å². The highest BCUT2D eigenvalue weighted by atomic mass is 79.9. The predicted octanol–water partition coefficient (Wildman–Crippen LogP) is 18.0. The summed E-state index contributed by atoms with van der Waals surface area (Å²) in [7, 11) is 0. The topological polar surface area (TPSA) is 0 Å². The van der Waals surface area contributed by atoms with Crippen molar-refractivity contribution in [3.8, 4) is 0 Å². The third kappa shape index (κ3) is 5.89. The highest BCUT2D eigenvalue weighted by molar-refractivity contribution is 9.12. The van der Waals surface area contributed by atoms with E-state index in [1.807, 2.05) is 0 Å². The average Bonchev–Trinajstić information content (AvgIpc) is 3.12. The molecule has 8 bridgehead atoms. The zero-order chi connectivity index (χ0) is 39.5. The fraction of sp³-hybridized carbons (Fsp3) is 0.500. The molecule has 4 atom stereocenters. The largest absolute Gasteiger partial charge is 0.0505 e. The normalized spacial score (nSPS) is 36.5. The molecule has 0 saturated heterocycles. The van der Waals surface area contributed by atoms with E-state index in [1.54, 1.807) is 22.3 Å². The zero-order valence-electron chi connectivity index (χ0n) is 32.3. The van der Waals surface area contributed by atoms with E-state index in [0.29, 0.717) is 11.8 Å². The van der Waals surface area contributed by atoms with Gasteiger partial charge < -0.3 is 0 Å². The SMILES string of the molecule is Cc1c(Br)cc(C23CC4CC(c5cc(Br)c(C)c(Br)c5)(C2)CC(C25CC6CC(c7cc(Br)c(C)c(Br)c7)(CC(c7cc(Br)c(C)c(Br)c7)(C6)C2)C5)(C4)C3)cc1Br. The van der Waals surface area contributed by atoms with Gasteiger partial charge in [0.1, 0.15) is 0 Å². The Bertz CT molecular complexity index is 1970. The van der Waals surface area contributed by atoms with Crippen LogP contribution in [0.2, 0.25) is 0 Å². The molecule has 8 saturated carbocycles. The van der Waals surface area contributed by atoms with Crippen LogP contribution in [0.5, 0.6) is 0 Å². The summed E-state index contributed by atoms with van der Waals surface area (Å²) in [5.74, 6) is 1.41. The van der Waals surface area contributed by atoms with Crippen molar-refractivity contribution in [1.29, 1.82) is 0 Å². The Morgan fingerprint density at radius 1 is 0.321 bits per heavy atom. The molecule has 4 unspecified atom stereocenters. The second kappa shape index (κ2) is 13.6. The van der Waals surface area contributed by atoms with Gasteiger partial charge in [-0.2, -0.15) is 0 Å². The lowest BCUT2D eigenvalue weighted by Crippen LogP contribution is -2.70. The standard InChI is InChI=1S/C48H46Br8/c1-25-35(49)5-31(6-36(25)50)43-13-29-14-44(19-43,32-7-37(51)26(2)38(52)8-32)22-47(17-29,21-43)48-18-30-15-45(23-48,33-9-39(53)27(3)40(54)10-33)20-46(16-30,24-48)34-11-41(55)28(4)42(56)12-34/h5-12,29-30H,13-24H2,1-4H3. The molecule has 56 heavy (non-hydrogen) atoms. The maximum absolute atomic E-state index is 4.05. The Hall–Kier alpha value is 0.720. The van der Waals surface area contributed by atoms with Crippen LogP contribution in [0.3, 0.4) is 0 Å². The average molecular weight is 1260 g/mol. The molecule has 8 aliphatic rings. The van der Waals surface area contributed by atoms with Crippen molar-refractivity contribution in [2.75, 3.05) is 0 Å². The first-order valence-electron chi connectivity index (χ1n) is 20.2. The summed E-state index contributed by atoms with van der Waals surface area (Å²) in [6, 6.07) is 20.2. The van der Waals surface area contributed by atoms with E-state index in [2.05, 4.69) is 204 Å². The van der Waals surface area contributed by atoms with Gasteiger partial charge in [-0.05, 0) is 242 Å². The van der Waals surface area contributed by atoms with Crippen molar-refractivity contribution < 1.29 is 0 Å². The summed E-state index contributed by atoms with van der Waals surface area (Å²) in [6.45, 7) is 8.94. The van der Waals surface area contributed by atoms with Gasteiger partial charge in [-0.3, -0.25) is 0 Å². The number of hydrogen-bond acceptors (Lipinski definition) is 0. The molecule has 0 aliphatic heterocycles. The van der Waals surface area contributed by atoms with Crippen LogP contribution in [0.25, 0.3) is 0 Å². The first kappa shape index (κ1) is 40.8. The third-order valence-corrected chi connectivity index (χ3v) is 23.4. The number of halogens is 8. The van der Waals surface area contributed by atoms with Gasteiger partial charge in [0.25, 0.3) is 0 Å². The second-order valence-corrected chi connectivity index (χ2v) is 26.8. The first-order chi connectivity index (χ1) is 26.3. The summed E-state index contributed by atoms with van der Waals surface area (Å²) in [5, 5.41) is 0. The zero-order valence-corrected chi connectivity index (χ0v) is 45.0. The molecule has 0 heterocycles. The van der Waals surface area contributed by atoms with Gasteiger partial charge in [0, 0.05) is 35.8 Å². The van der Waals surface area contributed by atoms with Gasteiger partial charge in [-0.1, -0.05) is 127 Å². The monoisotopic (exact) mass is 1250 g/mol. The Balaban J connectivity index is 1.22. The van der Waals surface area contributed by atoms with E-state index >= 15 is 0 Å². The molecule has 0 radical (unpaired) electrons. The Morgan fingerprint density at radius 3 is 0.714 bits per heavy atom. The minimum absolute atomic E-state index is 0.123. The Kier molecular flexibility index (Phi) is 9.91. The van der Waals surface area contributed by atoms with E-state index in [0.717, 1.165) is 0 Å². The fourth-order valence-electron chi connectivity index (χ4n) is 15.2. The van der Waals surface area contributed by atoms with Gasteiger partial charge in [0.05, 0.1) is 0 Å². The molecule has 0 N–H and O–H groups in total. The smallest absolute Gasteiger partial charge is 0.0218 e. The molecule has 4 aromatic carbocycles. The van der Waals surface area contributed by atoms with E-state index in [-0.39, 0.29) is 32.5 Å². The second-order valence-electron chi connectivity index (χ2n) is 20.0. The minimum Gasteiger partial charge on any atom is -0.0505 e. The molecule has 0 amide bonds. The van der Waals surface area contributed by atoms with Crippen molar-refractivity contribution in [2.24, 2.45) is 22.7 Å². The lowest BCUT2D eigenvalue weighted by molar-refractivity contribution is -0.224. The van der Waals surface area contributed by atoms with Crippen LogP contribution in [0, 0.1) is 50.4 Å². The predicted molar refractivity (Wildman–Crippen MR) is 260 cm³/mol. The summed E-state index contributed by atoms with van der Waals surface area (Å²) < 4.78 is 9.89. The van der Waals surface area contributed by atoms with Crippen LogP contribution < -0.4 is 0 Å². The summed E-state index contributed by atoms with van der Waals surface area (Å²) in [4.78, 5) is 0. The van der Waals surface area contributed by atoms with Crippen LogP contribution in [-0.4, -0.2) is 0 Å².